The number of hydrogen-bond donors (Lipinski definition) is 3. The highest BCUT2D eigenvalue weighted by Gasteiger charge is 2.02. The maximum atomic E-state index is 11.0. The number of amides is 1. The van der Waals surface area contributed by atoms with Gasteiger partial charge in [0.05, 0.1) is 24.4 Å². The molecule has 4 heteroatoms. The van der Waals surface area contributed by atoms with E-state index in [9.17, 15) is 4.79 Å². The van der Waals surface area contributed by atoms with Gasteiger partial charge in [-0.3, -0.25) is 4.79 Å². The van der Waals surface area contributed by atoms with Crippen LogP contribution in [0.25, 0.3) is 0 Å². The Morgan fingerprint density at radius 3 is 2.77 bits per heavy atom. The second kappa shape index (κ2) is 4.47. The number of anilines is 2. The van der Waals surface area contributed by atoms with Crippen molar-refractivity contribution in [3.05, 3.63) is 24.3 Å². The molecule has 4 N–H and O–H groups in total. The second-order valence-corrected chi connectivity index (χ2v) is 2.61. The van der Waals surface area contributed by atoms with Gasteiger partial charge < -0.3 is 16.2 Å². The zero-order valence-corrected chi connectivity index (χ0v) is 7.16. The second-order valence-electron chi connectivity index (χ2n) is 2.61. The van der Waals surface area contributed by atoms with E-state index in [1.165, 1.54) is 0 Å². The highest BCUT2D eigenvalue weighted by molar-refractivity contribution is 5.93. The third kappa shape index (κ3) is 2.76. The molecule has 0 atom stereocenters. The topological polar surface area (TPSA) is 75.3 Å². The Kier molecular flexibility index (Phi) is 3.28. The van der Waals surface area contributed by atoms with E-state index in [1.807, 2.05) is 0 Å². The molecule has 0 unspecified atom stereocenters. The lowest BCUT2D eigenvalue weighted by Gasteiger charge is -2.06. The molecule has 0 aromatic heterocycles. The van der Waals surface area contributed by atoms with Gasteiger partial charge in [-0.25, -0.2) is 0 Å². The number of aliphatic hydroxyl groups excluding tert-OH is 1. The fourth-order valence-corrected chi connectivity index (χ4v) is 0.925. The van der Waals surface area contributed by atoms with E-state index in [0.29, 0.717) is 11.4 Å². The first-order valence-corrected chi connectivity index (χ1v) is 3.99. The van der Waals surface area contributed by atoms with Crippen molar-refractivity contribution in [2.45, 2.75) is 6.42 Å². The van der Waals surface area contributed by atoms with Crippen molar-refractivity contribution in [1.82, 2.24) is 0 Å². The minimum atomic E-state index is -0.236. The van der Waals surface area contributed by atoms with Crippen molar-refractivity contribution in [2.24, 2.45) is 0 Å². The molecule has 0 radical (unpaired) electrons. The third-order valence-corrected chi connectivity index (χ3v) is 1.57. The summed E-state index contributed by atoms with van der Waals surface area (Å²) in [5.41, 5.74) is 6.69. The van der Waals surface area contributed by atoms with Gasteiger partial charge in [-0.15, -0.1) is 0 Å². The summed E-state index contributed by atoms with van der Waals surface area (Å²) in [6, 6.07) is 6.99. The van der Waals surface area contributed by atoms with Gasteiger partial charge in [-0.2, -0.15) is 0 Å². The van der Waals surface area contributed by atoms with Crippen LogP contribution in [0.15, 0.2) is 24.3 Å². The third-order valence-electron chi connectivity index (χ3n) is 1.57. The number of carbonyl (C=O) groups excluding carboxylic acids is 1. The Morgan fingerprint density at radius 1 is 1.46 bits per heavy atom. The van der Waals surface area contributed by atoms with Crippen molar-refractivity contribution in [3.8, 4) is 0 Å². The molecular formula is C9H12N2O2. The Bertz CT molecular complexity index is 299. The van der Waals surface area contributed by atoms with E-state index in [-0.39, 0.29) is 18.9 Å². The lowest BCUT2D eigenvalue weighted by atomic mass is 10.2. The Labute approximate surface area is 76.4 Å². The summed E-state index contributed by atoms with van der Waals surface area (Å²) in [6.45, 7) is -0.154. The number of nitrogen functional groups attached to an aromatic ring is 1. The molecule has 0 heterocycles. The molecule has 0 fully saturated rings. The van der Waals surface area contributed by atoms with Gasteiger partial charge in [0.15, 0.2) is 0 Å². The summed E-state index contributed by atoms with van der Waals surface area (Å²) < 4.78 is 0. The number of para-hydroxylation sites is 2. The number of carbonyl (C=O) groups is 1. The van der Waals surface area contributed by atoms with Crippen LogP contribution in [0.2, 0.25) is 0 Å². The molecule has 13 heavy (non-hydrogen) atoms. The summed E-state index contributed by atoms with van der Waals surface area (Å²) in [7, 11) is 0. The van der Waals surface area contributed by atoms with Crippen LogP contribution in [-0.2, 0) is 4.79 Å². The number of rotatable bonds is 3. The number of hydrogen-bond acceptors (Lipinski definition) is 3. The van der Waals surface area contributed by atoms with Crippen LogP contribution in [0.1, 0.15) is 6.42 Å². The molecule has 1 rings (SSSR count). The van der Waals surface area contributed by atoms with E-state index < -0.39 is 0 Å². The smallest absolute Gasteiger partial charge is 0.226 e. The Morgan fingerprint density at radius 2 is 2.15 bits per heavy atom. The van der Waals surface area contributed by atoms with Crippen LogP contribution >= 0.6 is 0 Å². The molecule has 1 aromatic rings. The molecule has 1 aromatic carbocycles. The van der Waals surface area contributed by atoms with E-state index in [0.717, 1.165) is 0 Å². The molecule has 0 bridgehead atoms. The van der Waals surface area contributed by atoms with Crippen LogP contribution in [-0.4, -0.2) is 17.6 Å². The van der Waals surface area contributed by atoms with E-state index >= 15 is 0 Å². The van der Waals surface area contributed by atoms with E-state index in [4.69, 9.17) is 10.8 Å². The fraction of sp³-hybridized carbons (Fsp3) is 0.222. The van der Waals surface area contributed by atoms with Gasteiger partial charge in [0.25, 0.3) is 0 Å². The molecule has 0 saturated carbocycles. The quantitative estimate of drug-likeness (QED) is 0.596. The van der Waals surface area contributed by atoms with Crippen LogP contribution in [0.4, 0.5) is 11.4 Å². The summed E-state index contributed by atoms with van der Waals surface area (Å²) in [5, 5.41) is 11.1. The van der Waals surface area contributed by atoms with Crippen molar-refractivity contribution in [2.75, 3.05) is 17.7 Å². The Hall–Kier alpha value is -1.55. The number of benzene rings is 1. The van der Waals surface area contributed by atoms with Gasteiger partial charge in [0.2, 0.25) is 5.91 Å². The molecule has 0 aliphatic carbocycles. The summed E-state index contributed by atoms with van der Waals surface area (Å²) in [4.78, 5) is 11.0. The molecule has 0 aliphatic heterocycles. The predicted molar refractivity (Wildman–Crippen MR) is 51.2 cm³/mol. The highest BCUT2D eigenvalue weighted by atomic mass is 16.3. The minimum absolute atomic E-state index is 0.0916. The van der Waals surface area contributed by atoms with Crippen LogP contribution in [0.5, 0.6) is 0 Å². The van der Waals surface area contributed by atoms with Crippen LogP contribution < -0.4 is 11.1 Å². The van der Waals surface area contributed by atoms with Crippen LogP contribution in [0.3, 0.4) is 0 Å². The molecule has 4 nitrogen and oxygen atoms in total. The number of nitrogens with two attached hydrogens (primary N) is 1. The molecule has 0 aliphatic rings. The molecule has 0 saturated heterocycles. The van der Waals surface area contributed by atoms with E-state index in [1.54, 1.807) is 24.3 Å². The number of aliphatic hydroxyl groups is 1. The standard InChI is InChI=1S/C9H12N2O2/c10-7-3-1-2-4-8(7)11-9(13)5-6-12/h1-4,12H,5-6,10H2,(H,11,13). The summed E-state index contributed by atoms with van der Waals surface area (Å²) >= 11 is 0. The lowest BCUT2D eigenvalue weighted by molar-refractivity contribution is -0.116. The zero-order valence-electron chi connectivity index (χ0n) is 7.16. The molecule has 0 spiro atoms. The summed E-state index contributed by atoms with van der Waals surface area (Å²) in [6.07, 6.45) is 0.0916. The van der Waals surface area contributed by atoms with Gasteiger partial charge in [-0.05, 0) is 12.1 Å². The first kappa shape index (κ1) is 9.54. The van der Waals surface area contributed by atoms with Gasteiger partial charge in [0, 0.05) is 0 Å². The average molecular weight is 180 g/mol. The molecule has 70 valence electrons. The minimum Gasteiger partial charge on any atom is -0.397 e. The van der Waals surface area contributed by atoms with Crippen LogP contribution in [0, 0.1) is 0 Å². The zero-order chi connectivity index (χ0) is 9.68. The summed E-state index contributed by atoms with van der Waals surface area (Å²) in [5.74, 6) is -0.236. The highest BCUT2D eigenvalue weighted by Crippen LogP contribution is 2.16. The van der Waals surface area contributed by atoms with Gasteiger partial charge >= 0.3 is 0 Å². The maximum Gasteiger partial charge on any atom is 0.226 e. The lowest BCUT2D eigenvalue weighted by Crippen LogP contribution is -2.13. The number of nitrogens with one attached hydrogen (secondary N) is 1. The first-order valence-electron chi connectivity index (χ1n) is 3.99. The van der Waals surface area contributed by atoms with Gasteiger partial charge in [-0.1, -0.05) is 12.1 Å². The fourth-order valence-electron chi connectivity index (χ4n) is 0.925. The Balaban J connectivity index is 2.63. The van der Waals surface area contributed by atoms with Crippen molar-refractivity contribution >= 4 is 17.3 Å². The van der Waals surface area contributed by atoms with E-state index in [2.05, 4.69) is 5.32 Å². The average Bonchev–Trinajstić information content (AvgIpc) is 2.09. The largest absolute Gasteiger partial charge is 0.397 e. The molecule has 1 amide bonds. The van der Waals surface area contributed by atoms with Crippen molar-refractivity contribution in [1.29, 1.82) is 0 Å². The first-order chi connectivity index (χ1) is 6.24. The van der Waals surface area contributed by atoms with Gasteiger partial charge in [0.1, 0.15) is 0 Å². The maximum absolute atomic E-state index is 11.0. The van der Waals surface area contributed by atoms with Crippen molar-refractivity contribution < 1.29 is 9.90 Å². The predicted octanol–water partition coefficient (Wildman–Crippen LogP) is 0.590. The molecular weight excluding hydrogens is 168 g/mol. The normalized spacial score (nSPS) is 9.62. The monoisotopic (exact) mass is 180 g/mol. The van der Waals surface area contributed by atoms with Crippen molar-refractivity contribution in [3.63, 3.8) is 0 Å². The SMILES string of the molecule is Nc1ccccc1NC(=O)CCO.